The van der Waals surface area contributed by atoms with Crippen LogP contribution in [0.4, 0.5) is 18.9 Å². The van der Waals surface area contributed by atoms with Gasteiger partial charge in [0.25, 0.3) is 5.91 Å². The average molecular weight is 575 g/mol. The summed E-state index contributed by atoms with van der Waals surface area (Å²) in [4.78, 5) is 29.4. The van der Waals surface area contributed by atoms with E-state index >= 15 is 0 Å². The molecule has 1 amide bonds. The third-order valence-corrected chi connectivity index (χ3v) is 5.97. The molecule has 2 rings (SSSR count). The number of anilines is 1. The van der Waals surface area contributed by atoms with E-state index in [1.165, 1.54) is 21.0 Å². The Morgan fingerprint density at radius 3 is 2.33 bits per heavy atom. The largest absolute Gasteiger partial charge is 0.505 e. The Bertz CT molecular complexity index is 1320. The van der Waals surface area contributed by atoms with E-state index in [4.69, 9.17) is 14.9 Å². The molecular weight excluding hydrogens is 545 g/mol. The number of nitrogens with two attached hydrogens (primary N) is 1. The van der Waals surface area contributed by atoms with Crippen molar-refractivity contribution in [2.75, 3.05) is 26.0 Å². The van der Waals surface area contributed by atoms with Gasteiger partial charge < -0.3 is 34.8 Å². The molecule has 1 unspecified atom stereocenters. The van der Waals surface area contributed by atoms with Crippen molar-refractivity contribution in [3.05, 3.63) is 57.5 Å². The van der Waals surface area contributed by atoms with Gasteiger partial charge in [-0.05, 0) is 44.5 Å². The molecule has 0 spiro atoms. The molecule has 214 valence electrons. The van der Waals surface area contributed by atoms with Gasteiger partial charge in [-0.3, -0.25) is 9.79 Å². The lowest BCUT2D eigenvalue weighted by Gasteiger charge is -2.21. The van der Waals surface area contributed by atoms with Crippen molar-refractivity contribution in [1.29, 1.82) is 0 Å². The van der Waals surface area contributed by atoms with Gasteiger partial charge in [0.05, 0.1) is 23.4 Å². The summed E-state index contributed by atoms with van der Waals surface area (Å²) in [6, 6.07) is 3.89. The van der Waals surface area contributed by atoms with Crippen molar-refractivity contribution >= 4 is 34.5 Å². The zero-order valence-electron chi connectivity index (χ0n) is 21.8. The standard InChI is InChI=1S/C24H29F3N4O7S/c1-6-14(16-11-8-12(3)38-16)30-21(28)18(20(39(35)36)23(34)37-7-2)29-15-10-9-13(24(25,26)27)17(19(15)32)22(33)31(4)5/h8-11,14,29,32H,6-7H2,1-5H3,(H2,28,30)(H,35,36)/b20-18+/t14-/m1/s1. The lowest BCUT2D eigenvalue weighted by atomic mass is 10.0. The predicted octanol–water partition coefficient (Wildman–Crippen LogP) is 3.93. The molecule has 1 aromatic heterocycles. The number of carbonyl (C=O) groups excluding carboxylic acids is 2. The van der Waals surface area contributed by atoms with E-state index in [0.717, 1.165) is 11.0 Å². The molecule has 0 radical (unpaired) electrons. The number of amides is 1. The number of furan rings is 1. The highest BCUT2D eigenvalue weighted by Crippen LogP contribution is 2.40. The molecule has 11 nitrogen and oxygen atoms in total. The summed E-state index contributed by atoms with van der Waals surface area (Å²) >= 11 is -3.04. The fourth-order valence-electron chi connectivity index (χ4n) is 3.42. The van der Waals surface area contributed by atoms with Crippen molar-refractivity contribution in [3.8, 4) is 5.75 Å². The summed E-state index contributed by atoms with van der Waals surface area (Å²) in [7, 11) is 2.38. The molecule has 0 bridgehead atoms. The Morgan fingerprint density at radius 1 is 1.23 bits per heavy atom. The van der Waals surface area contributed by atoms with Crippen LogP contribution in [0.5, 0.6) is 5.75 Å². The number of nitrogens with one attached hydrogen (secondary N) is 1. The van der Waals surface area contributed by atoms with Gasteiger partial charge in [-0.2, -0.15) is 13.2 Å². The maximum absolute atomic E-state index is 13.7. The van der Waals surface area contributed by atoms with Crippen LogP contribution < -0.4 is 11.1 Å². The smallest absolute Gasteiger partial charge is 0.417 e. The zero-order valence-corrected chi connectivity index (χ0v) is 22.6. The number of amidine groups is 1. The second-order valence-corrected chi connectivity index (χ2v) is 9.17. The first-order chi connectivity index (χ1) is 18.1. The maximum atomic E-state index is 13.7. The molecule has 0 fully saturated rings. The molecular formula is C24H29F3N4O7S. The van der Waals surface area contributed by atoms with Gasteiger partial charge in [0.15, 0.2) is 21.7 Å². The molecule has 2 atom stereocenters. The molecule has 0 saturated heterocycles. The Kier molecular flexibility index (Phi) is 10.3. The number of aromatic hydroxyl groups is 1. The number of esters is 1. The Hall–Kier alpha value is -3.85. The number of hydrogen-bond acceptors (Lipinski definition) is 8. The van der Waals surface area contributed by atoms with Gasteiger partial charge in [-0.1, -0.05) is 6.92 Å². The van der Waals surface area contributed by atoms with Crippen LogP contribution in [0.1, 0.15) is 53.8 Å². The topological polar surface area (TPSA) is 168 Å². The summed E-state index contributed by atoms with van der Waals surface area (Å²) < 4.78 is 73.5. The monoisotopic (exact) mass is 574 g/mol. The highest BCUT2D eigenvalue weighted by molar-refractivity contribution is 7.84. The van der Waals surface area contributed by atoms with E-state index in [9.17, 15) is 36.6 Å². The zero-order chi connectivity index (χ0) is 29.7. The highest BCUT2D eigenvalue weighted by Gasteiger charge is 2.38. The molecule has 15 heteroatoms. The summed E-state index contributed by atoms with van der Waals surface area (Å²) in [5.41, 5.74) is 2.48. The van der Waals surface area contributed by atoms with Crippen molar-refractivity contribution in [2.45, 2.75) is 39.4 Å². The Labute approximate surface area is 224 Å². The molecule has 0 aliphatic carbocycles. The number of halogens is 3. The second-order valence-electron chi connectivity index (χ2n) is 8.27. The fourth-order valence-corrected chi connectivity index (χ4v) is 3.95. The maximum Gasteiger partial charge on any atom is 0.417 e. The first-order valence-corrected chi connectivity index (χ1v) is 12.6. The normalized spacial score (nSPS) is 14.3. The first-order valence-electron chi connectivity index (χ1n) is 11.5. The minimum atomic E-state index is -5.01. The SMILES string of the molecule is CCOC(=O)/C(=C(\Nc1ccc(C(F)(F)F)c(C(=O)N(C)C)c1O)C(N)=N[C@H](CC)c1ccc(C)o1)S(=O)O. The van der Waals surface area contributed by atoms with Crippen molar-refractivity contribution in [2.24, 2.45) is 10.7 Å². The number of alkyl halides is 3. The molecule has 0 aliphatic heterocycles. The van der Waals surface area contributed by atoms with Gasteiger partial charge in [-0.25, -0.2) is 9.00 Å². The summed E-state index contributed by atoms with van der Waals surface area (Å²) in [5.74, 6) is -3.17. The molecule has 1 aromatic carbocycles. The number of benzene rings is 1. The third-order valence-electron chi connectivity index (χ3n) is 5.25. The van der Waals surface area contributed by atoms with E-state index in [-0.39, 0.29) is 6.61 Å². The average Bonchev–Trinajstić information content (AvgIpc) is 3.27. The van der Waals surface area contributed by atoms with E-state index in [2.05, 4.69) is 10.3 Å². The minimum absolute atomic E-state index is 0.194. The second kappa shape index (κ2) is 12.8. The van der Waals surface area contributed by atoms with Crippen LogP contribution in [-0.2, 0) is 26.8 Å². The van der Waals surface area contributed by atoms with Crippen LogP contribution in [0.25, 0.3) is 0 Å². The molecule has 1 heterocycles. The van der Waals surface area contributed by atoms with E-state index in [1.54, 1.807) is 26.0 Å². The van der Waals surface area contributed by atoms with Gasteiger partial charge in [0, 0.05) is 14.1 Å². The number of aliphatic imine (C=N–C) groups is 1. The fraction of sp³-hybridized carbons (Fsp3) is 0.375. The molecule has 39 heavy (non-hydrogen) atoms. The van der Waals surface area contributed by atoms with Crippen LogP contribution in [0.15, 0.2) is 44.3 Å². The van der Waals surface area contributed by atoms with Crippen LogP contribution in [0.2, 0.25) is 0 Å². The number of rotatable bonds is 10. The van der Waals surface area contributed by atoms with E-state index in [0.29, 0.717) is 24.0 Å². The Morgan fingerprint density at radius 2 is 1.87 bits per heavy atom. The van der Waals surface area contributed by atoms with Gasteiger partial charge >= 0.3 is 12.1 Å². The number of phenolic OH excluding ortho intramolecular Hbond substituents is 1. The van der Waals surface area contributed by atoms with Gasteiger partial charge in [-0.15, -0.1) is 0 Å². The van der Waals surface area contributed by atoms with E-state index < -0.39 is 74.2 Å². The molecule has 5 N–H and O–H groups in total. The third kappa shape index (κ3) is 7.38. The summed E-state index contributed by atoms with van der Waals surface area (Å²) in [6.45, 7) is 4.69. The number of hydrogen-bond donors (Lipinski definition) is 4. The molecule has 0 saturated carbocycles. The van der Waals surface area contributed by atoms with E-state index in [1.807, 2.05) is 0 Å². The number of phenols is 1. The number of nitrogens with zero attached hydrogens (tertiary/aromatic N) is 2. The van der Waals surface area contributed by atoms with Crippen LogP contribution in [0, 0.1) is 6.92 Å². The summed E-state index contributed by atoms with van der Waals surface area (Å²) in [6.07, 6.45) is -4.67. The molecule has 2 aromatic rings. The summed E-state index contributed by atoms with van der Waals surface area (Å²) in [5, 5.41) is 13.2. The lowest BCUT2D eigenvalue weighted by Crippen LogP contribution is -2.29. The van der Waals surface area contributed by atoms with Crippen molar-refractivity contribution in [1.82, 2.24) is 4.90 Å². The van der Waals surface area contributed by atoms with Crippen LogP contribution in [0.3, 0.4) is 0 Å². The molecule has 0 aliphatic rings. The quantitative estimate of drug-likeness (QED) is 0.0821. The Balaban J connectivity index is 2.82. The predicted molar refractivity (Wildman–Crippen MR) is 137 cm³/mol. The van der Waals surface area contributed by atoms with Crippen molar-refractivity contribution < 1.29 is 45.8 Å². The van der Waals surface area contributed by atoms with Gasteiger partial charge in [0.1, 0.15) is 29.1 Å². The first kappa shape index (κ1) is 31.4. The number of aryl methyl sites for hydroxylation is 1. The van der Waals surface area contributed by atoms with Gasteiger partial charge in [0.2, 0.25) is 0 Å². The number of ether oxygens (including phenoxy) is 1. The highest BCUT2D eigenvalue weighted by atomic mass is 32.2. The number of carbonyl (C=O) groups is 2. The minimum Gasteiger partial charge on any atom is -0.505 e. The van der Waals surface area contributed by atoms with Crippen LogP contribution >= 0.6 is 0 Å². The van der Waals surface area contributed by atoms with Crippen LogP contribution in [-0.4, -0.2) is 57.2 Å². The van der Waals surface area contributed by atoms with Crippen molar-refractivity contribution in [3.63, 3.8) is 0 Å². The lowest BCUT2D eigenvalue weighted by molar-refractivity contribution is -0.138.